The summed E-state index contributed by atoms with van der Waals surface area (Å²) < 4.78 is 6.03. The maximum atomic E-state index is 12.8. The van der Waals surface area contributed by atoms with Crippen molar-refractivity contribution in [3.63, 3.8) is 0 Å². The van der Waals surface area contributed by atoms with E-state index in [0.29, 0.717) is 19.3 Å². The van der Waals surface area contributed by atoms with Gasteiger partial charge in [0.05, 0.1) is 13.2 Å². The van der Waals surface area contributed by atoms with Crippen LogP contribution in [0.15, 0.2) is 24.3 Å². The van der Waals surface area contributed by atoms with Gasteiger partial charge in [0.1, 0.15) is 12.1 Å². The summed E-state index contributed by atoms with van der Waals surface area (Å²) >= 11 is 0. The van der Waals surface area contributed by atoms with E-state index in [0.717, 1.165) is 77.0 Å². The van der Waals surface area contributed by atoms with Gasteiger partial charge in [0.25, 0.3) is 0 Å². The average Bonchev–Trinajstić information content (AvgIpc) is 3.17. The molecule has 0 aliphatic carbocycles. The Morgan fingerprint density at radius 2 is 0.982 bits per heavy atom. The van der Waals surface area contributed by atoms with E-state index in [-0.39, 0.29) is 24.5 Å². The van der Waals surface area contributed by atoms with Gasteiger partial charge in [-0.05, 0) is 70.6 Å². The Kier molecular flexibility index (Phi) is 39.0. The number of aliphatic hydroxyl groups excluding tert-OH is 1. The third kappa shape index (κ3) is 38.0. The zero-order chi connectivity index (χ0) is 40.5. The van der Waals surface area contributed by atoms with Crippen LogP contribution in [0.1, 0.15) is 219 Å². The summed E-state index contributed by atoms with van der Waals surface area (Å²) in [6.45, 7) is 3.47. The van der Waals surface area contributed by atoms with Crippen LogP contribution in [0.25, 0.3) is 0 Å². The van der Waals surface area contributed by atoms with Gasteiger partial charge in [-0.3, -0.25) is 14.4 Å². The van der Waals surface area contributed by atoms with Crippen molar-refractivity contribution in [1.29, 1.82) is 0 Å². The minimum Gasteiger partial charge on any atom is -0.480 e. The first-order valence-electron chi connectivity index (χ1n) is 22.7. The summed E-state index contributed by atoms with van der Waals surface area (Å²) in [6, 6.07) is -1.38. The molecule has 9 heteroatoms. The van der Waals surface area contributed by atoms with Gasteiger partial charge in [0, 0.05) is 12.8 Å². The molecule has 0 bridgehead atoms. The molecule has 4 N–H and O–H groups in total. The Morgan fingerprint density at radius 3 is 1.47 bits per heavy atom. The summed E-state index contributed by atoms with van der Waals surface area (Å²) in [5, 5.41) is 22.6. The van der Waals surface area contributed by atoms with E-state index in [2.05, 4.69) is 48.8 Å². The highest BCUT2D eigenvalue weighted by Crippen LogP contribution is 2.19. The van der Waals surface area contributed by atoms with Gasteiger partial charge in [-0.25, -0.2) is 4.79 Å². The SMILES string of the molecule is CCCCCC/C=C\C/C=C\CCCCCCCC(=O)OC(CCCCCCCCCCCCC)CCCCCCCC(=O)NCC(=O)NC(CO)C(=O)O. The fourth-order valence-electron chi connectivity index (χ4n) is 6.69. The summed E-state index contributed by atoms with van der Waals surface area (Å²) in [5.74, 6) is -2.30. The minimum atomic E-state index is -1.38. The number of aliphatic hydroxyl groups is 1. The molecule has 0 saturated carbocycles. The first kappa shape index (κ1) is 52.3. The number of hydrogen-bond donors (Lipinski definition) is 4. The Morgan fingerprint density at radius 1 is 0.545 bits per heavy atom. The zero-order valence-electron chi connectivity index (χ0n) is 35.4. The molecule has 0 aliphatic rings. The maximum absolute atomic E-state index is 12.8. The quantitative estimate of drug-likeness (QED) is 0.0275. The molecule has 2 unspecified atom stereocenters. The lowest BCUT2D eigenvalue weighted by atomic mass is 10.0. The van der Waals surface area contributed by atoms with Gasteiger partial charge < -0.3 is 25.6 Å². The number of esters is 1. The van der Waals surface area contributed by atoms with Crippen molar-refractivity contribution in [3.8, 4) is 0 Å². The van der Waals surface area contributed by atoms with Crippen LogP contribution >= 0.6 is 0 Å². The second kappa shape index (κ2) is 41.0. The van der Waals surface area contributed by atoms with Gasteiger partial charge in [0.2, 0.25) is 11.8 Å². The summed E-state index contributed by atoms with van der Waals surface area (Å²) in [7, 11) is 0. The van der Waals surface area contributed by atoms with Crippen LogP contribution in [0.2, 0.25) is 0 Å². The molecular weight excluding hydrogens is 693 g/mol. The standard InChI is InChI=1S/C46H84N2O7/c1-3-5-7-9-11-13-15-16-17-18-19-21-23-25-30-34-38-45(52)55-41(35-31-27-24-22-20-14-12-10-8-6-4-2)36-32-28-26-29-33-37-43(50)47-39-44(51)48-42(40-49)46(53)54/h13,15,17-18,41-42,49H,3-12,14,16,19-40H2,1-2H3,(H,47,50)(H,48,51)(H,53,54)/b15-13-,18-17-. The highest BCUT2D eigenvalue weighted by molar-refractivity contribution is 5.87. The van der Waals surface area contributed by atoms with Crippen molar-refractivity contribution in [1.82, 2.24) is 10.6 Å². The molecular formula is C46H84N2O7. The molecule has 0 aromatic heterocycles. The van der Waals surface area contributed by atoms with Gasteiger partial charge in [-0.15, -0.1) is 0 Å². The highest BCUT2D eigenvalue weighted by Gasteiger charge is 2.19. The minimum absolute atomic E-state index is 0.0164. The first-order valence-corrected chi connectivity index (χ1v) is 22.7. The van der Waals surface area contributed by atoms with E-state index >= 15 is 0 Å². The van der Waals surface area contributed by atoms with Crippen LogP contribution in [0.5, 0.6) is 0 Å². The maximum Gasteiger partial charge on any atom is 0.328 e. The second-order valence-electron chi connectivity index (χ2n) is 15.5. The van der Waals surface area contributed by atoms with E-state index in [9.17, 15) is 19.2 Å². The van der Waals surface area contributed by atoms with Crippen LogP contribution < -0.4 is 10.6 Å². The van der Waals surface area contributed by atoms with E-state index in [4.69, 9.17) is 14.9 Å². The molecule has 0 rings (SSSR count). The van der Waals surface area contributed by atoms with Crippen molar-refractivity contribution in [2.75, 3.05) is 13.2 Å². The van der Waals surface area contributed by atoms with Gasteiger partial charge in [0.15, 0.2) is 0 Å². The number of aliphatic carboxylic acids is 1. The van der Waals surface area contributed by atoms with Gasteiger partial charge >= 0.3 is 11.9 Å². The third-order valence-corrected chi connectivity index (χ3v) is 10.2. The van der Waals surface area contributed by atoms with Crippen LogP contribution in [0.4, 0.5) is 0 Å². The normalized spacial score (nSPS) is 12.6. The largest absolute Gasteiger partial charge is 0.480 e. The van der Waals surface area contributed by atoms with Crippen LogP contribution in [0.3, 0.4) is 0 Å². The Balaban J connectivity index is 4.30. The molecule has 0 spiro atoms. The number of nitrogens with one attached hydrogen (secondary N) is 2. The number of allylic oxidation sites excluding steroid dienone is 4. The Labute approximate surface area is 336 Å². The molecule has 0 aromatic rings. The Hall–Kier alpha value is -2.68. The number of carbonyl (C=O) groups is 4. The van der Waals surface area contributed by atoms with Crippen molar-refractivity contribution in [2.45, 2.75) is 231 Å². The highest BCUT2D eigenvalue weighted by atomic mass is 16.5. The Bertz CT molecular complexity index is 983. The lowest BCUT2D eigenvalue weighted by Gasteiger charge is -2.18. The molecule has 2 atom stereocenters. The molecule has 0 saturated heterocycles. The number of unbranched alkanes of at least 4 members (excludes halogenated alkanes) is 23. The summed E-state index contributed by atoms with van der Waals surface area (Å²) in [5.41, 5.74) is 0. The molecule has 2 amide bonds. The van der Waals surface area contributed by atoms with Crippen molar-refractivity contribution in [2.24, 2.45) is 0 Å². The van der Waals surface area contributed by atoms with Crippen LogP contribution in [-0.4, -0.2) is 59.3 Å². The van der Waals surface area contributed by atoms with E-state index in [1.807, 2.05) is 0 Å². The molecule has 0 aromatic carbocycles. The molecule has 0 fully saturated rings. The topological polar surface area (TPSA) is 142 Å². The van der Waals surface area contributed by atoms with Crippen molar-refractivity contribution < 1.29 is 34.1 Å². The predicted molar refractivity (Wildman–Crippen MR) is 227 cm³/mol. The van der Waals surface area contributed by atoms with Gasteiger partial charge in [-0.2, -0.15) is 0 Å². The number of rotatable bonds is 41. The van der Waals surface area contributed by atoms with Gasteiger partial charge in [-0.1, -0.05) is 160 Å². The second-order valence-corrected chi connectivity index (χ2v) is 15.5. The number of carboxylic acid groups (broad SMARTS) is 1. The van der Waals surface area contributed by atoms with Crippen molar-refractivity contribution >= 4 is 23.8 Å². The molecule has 320 valence electrons. The monoisotopic (exact) mass is 777 g/mol. The first-order chi connectivity index (χ1) is 26.8. The number of carboxylic acids is 1. The lowest BCUT2D eigenvalue weighted by Crippen LogP contribution is -2.47. The smallest absolute Gasteiger partial charge is 0.328 e. The zero-order valence-corrected chi connectivity index (χ0v) is 35.4. The average molecular weight is 777 g/mol. The number of amides is 2. The number of hydrogen-bond acceptors (Lipinski definition) is 6. The molecule has 0 heterocycles. The van der Waals surface area contributed by atoms with Crippen LogP contribution in [0, 0.1) is 0 Å². The van der Waals surface area contributed by atoms with E-state index in [1.54, 1.807) is 0 Å². The van der Waals surface area contributed by atoms with Crippen molar-refractivity contribution in [3.05, 3.63) is 24.3 Å². The van der Waals surface area contributed by atoms with Crippen LogP contribution in [-0.2, 0) is 23.9 Å². The molecule has 9 nitrogen and oxygen atoms in total. The molecule has 0 radical (unpaired) electrons. The lowest BCUT2D eigenvalue weighted by molar-refractivity contribution is -0.150. The molecule has 0 aliphatic heterocycles. The molecule has 55 heavy (non-hydrogen) atoms. The fraction of sp³-hybridized carbons (Fsp3) is 0.826. The van der Waals surface area contributed by atoms with E-state index < -0.39 is 24.5 Å². The number of carbonyl (C=O) groups excluding carboxylic acids is 3. The summed E-state index contributed by atoms with van der Waals surface area (Å²) in [6.07, 6.45) is 44.8. The number of ether oxygens (including phenoxy) is 1. The fourth-order valence-corrected chi connectivity index (χ4v) is 6.69. The van der Waals surface area contributed by atoms with E-state index in [1.165, 1.54) is 109 Å². The predicted octanol–water partition coefficient (Wildman–Crippen LogP) is 11.2. The third-order valence-electron chi connectivity index (χ3n) is 10.2. The summed E-state index contributed by atoms with van der Waals surface area (Å²) in [4.78, 5) is 47.6.